The highest BCUT2D eigenvalue weighted by molar-refractivity contribution is 5.80. The summed E-state index contributed by atoms with van der Waals surface area (Å²) in [5, 5.41) is 12.8. The smallest absolute Gasteiger partial charge is 0.228 e. The number of hydrogen-bond donors (Lipinski definition) is 2. The lowest BCUT2D eigenvalue weighted by Crippen LogP contribution is -2.51. The third-order valence-corrected chi connectivity index (χ3v) is 3.34. The number of rotatable bonds is 1. The molecular weight excluding hydrogens is 180 g/mol. The van der Waals surface area contributed by atoms with Gasteiger partial charge in [0, 0.05) is 31.6 Å². The van der Waals surface area contributed by atoms with Crippen molar-refractivity contribution in [2.45, 2.75) is 20.0 Å². The van der Waals surface area contributed by atoms with Gasteiger partial charge in [-0.05, 0) is 0 Å². The van der Waals surface area contributed by atoms with E-state index in [1.165, 1.54) is 0 Å². The van der Waals surface area contributed by atoms with E-state index < -0.39 is 0 Å². The number of nitrogens with zero attached hydrogens (tertiary/aromatic N) is 1. The van der Waals surface area contributed by atoms with Crippen molar-refractivity contribution in [1.82, 2.24) is 10.2 Å². The summed E-state index contributed by atoms with van der Waals surface area (Å²) in [6.45, 7) is 6.79. The number of aliphatic hydroxyl groups is 1. The van der Waals surface area contributed by atoms with Crippen molar-refractivity contribution in [3.8, 4) is 0 Å². The summed E-state index contributed by atoms with van der Waals surface area (Å²) in [4.78, 5) is 13.6. The minimum atomic E-state index is -0.375. The van der Waals surface area contributed by atoms with E-state index in [-0.39, 0.29) is 23.3 Å². The van der Waals surface area contributed by atoms with E-state index in [4.69, 9.17) is 0 Å². The van der Waals surface area contributed by atoms with Crippen LogP contribution in [-0.2, 0) is 4.79 Å². The summed E-state index contributed by atoms with van der Waals surface area (Å²) in [5.74, 6) is 0.351. The molecule has 0 radical (unpaired) electrons. The third kappa shape index (κ3) is 1.53. The number of aliphatic hydroxyl groups excluding tert-OH is 1. The van der Waals surface area contributed by atoms with E-state index in [0.717, 1.165) is 13.1 Å². The average Bonchev–Trinajstić information content (AvgIpc) is 2.23. The van der Waals surface area contributed by atoms with Crippen molar-refractivity contribution in [3.05, 3.63) is 0 Å². The maximum absolute atomic E-state index is 11.8. The Bertz CT molecular complexity index is 249. The Kier molecular flexibility index (Phi) is 2.27. The van der Waals surface area contributed by atoms with Gasteiger partial charge in [-0.2, -0.15) is 0 Å². The van der Waals surface area contributed by atoms with Crippen LogP contribution in [0.4, 0.5) is 0 Å². The van der Waals surface area contributed by atoms with Crippen LogP contribution in [0.3, 0.4) is 0 Å². The Hall–Kier alpha value is -0.610. The molecule has 80 valence electrons. The zero-order valence-corrected chi connectivity index (χ0v) is 8.79. The SMILES string of the molecule is CC1(C)CN(C(=O)C2CNC2)CC1O. The molecule has 4 nitrogen and oxygen atoms in total. The number of nitrogens with one attached hydrogen (secondary N) is 1. The molecule has 2 fully saturated rings. The van der Waals surface area contributed by atoms with Crippen LogP contribution in [0.2, 0.25) is 0 Å². The van der Waals surface area contributed by atoms with Gasteiger partial charge in [0.05, 0.1) is 12.0 Å². The topological polar surface area (TPSA) is 52.6 Å². The molecule has 1 unspecified atom stereocenters. The second-order valence-corrected chi connectivity index (χ2v) is 5.08. The molecule has 2 heterocycles. The van der Waals surface area contributed by atoms with Crippen LogP contribution in [0, 0.1) is 11.3 Å². The highest BCUT2D eigenvalue weighted by Crippen LogP contribution is 2.30. The number of amides is 1. The summed E-state index contributed by atoms with van der Waals surface area (Å²) in [6.07, 6.45) is -0.375. The molecule has 2 saturated heterocycles. The quantitative estimate of drug-likeness (QED) is 0.593. The van der Waals surface area contributed by atoms with E-state index in [0.29, 0.717) is 13.1 Å². The molecule has 0 spiro atoms. The zero-order valence-electron chi connectivity index (χ0n) is 8.79. The molecule has 2 rings (SSSR count). The second-order valence-electron chi connectivity index (χ2n) is 5.08. The van der Waals surface area contributed by atoms with Gasteiger partial charge in [0.25, 0.3) is 0 Å². The molecule has 0 saturated carbocycles. The van der Waals surface area contributed by atoms with Crippen molar-refractivity contribution in [1.29, 1.82) is 0 Å². The summed E-state index contributed by atoms with van der Waals surface area (Å²) in [6, 6.07) is 0. The largest absolute Gasteiger partial charge is 0.391 e. The fourth-order valence-corrected chi connectivity index (χ4v) is 2.01. The Morgan fingerprint density at radius 1 is 1.50 bits per heavy atom. The third-order valence-electron chi connectivity index (χ3n) is 3.34. The first-order valence-corrected chi connectivity index (χ1v) is 5.18. The summed E-state index contributed by atoms with van der Waals surface area (Å²) >= 11 is 0. The molecule has 0 aromatic heterocycles. The van der Waals surface area contributed by atoms with E-state index in [2.05, 4.69) is 5.32 Å². The number of carbonyl (C=O) groups is 1. The van der Waals surface area contributed by atoms with Gasteiger partial charge in [0.2, 0.25) is 5.91 Å². The fourth-order valence-electron chi connectivity index (χ4n) is 2.01. The number of likely N-dealkylation sites (tertiary alicyclic amines) is 1. The van der Waals surface area contributed by atoms with Gasteiger partial charge in [-0.3, -0.25) is 4.79 Å². The van der Waals surface area contributed by atoms with Crippen LogP contribution in [0.1, 0.15) is 13.8 Å². The van der Waals surface area contributed by atoms with Gasteiger partial charge in [0.15, 0.2) is 0 Å². The van der Waals surface area contributed by atoms with Gasteiger partial charge in [-0.25, -0.2) is 0 Å². The molecule has 2 aliphatic rings. The molecule has 4 heteroatoms. The molecule has 14 heavy (non-hydrogen) atoms. The van der Waals surface area contributed by atoms with Gasteiger partial charge in [0.1, 0.15) is 0 Å². The second kappa shape index (κ2) is 3.21. The minimum Gasteiger partial charge on any atom is -0.391 e. The van der Waals surface area contributed by atoms with E-state index >= 15 is 0 Å². The highest BCUT2D eigenvalue weighted by Gasteiger charge is 2.42. The summed E-state index contributed by atoms with van der Waals surface area (Å²) in [7, 11) is 0. The van der Waals surface area contributed by atoms with Crippen molar-refractivity contribution < 1.29 is 9.90 Å². The van der Waals surface area contributed by atoms with Gasteiger partial charge in [-0.15, -0.1) is 0 Å². The Morgan fingerprint density at radius 3 is 2.50 bits per heavy atom. The van der Waals surface area contributed by atoms with E-state index in [1.54, 1.807) is 4.90 Å². The lowest BCUT2D eigenvalue weighted by molar-refractivity contribution is -0.136. The van der Waals surface area contributed by atoms with Crippen LogP contribution in [0.25, 0.3) is 0 Å². The standard InChI is InChI=1S/C10H18N2O2/c1-10(2)6-12(5-8(10)13)9(14)7-3-11-4-7/h7-8,11,13H,3-6H2,1-2H3. The number of carbonyl (C=O) groups excluding carboxylic acids is 1. The van der Waals surface area contributed by atoms with Crippen molar-refractivity contribution >= 4 is 5.91 Å². The predicted molar refractivity (Wildman–Crippen MR) is 52.7 cm³/mol. The average molecular weight is 198 g/mol. The minimum absolute atomic E-state index is 0.146. The normalized spacial score (nSPS) is 31.6. The van der Waals surface area contributed by atoms with Crippen molar-refractivity contribution in [2.75, 3.05) is 26.2 Å². The van der Waals surface area contributed by atoms with Crippen LogP contribution in [0.5, 0.6) is 0 Å². The lowest BCUT2D eigenvalue weighted by Gasteiger charge is -2.30. The van der Waals surface area contributed by atoms with Gasteiger partial charge >= 0.3 is 0 Å². The monoisotopic (exact) mass is 198 g/mol. The number of β-amino-alcohol motifs (C(OH)–C–C–N with tert-alkyl or cyclic N) is 1. The van der Waals surface area contributed by atoms with Crippen LogP contribution >= 0.6 is 0 Å². The Morgan fingerprint density at radius 2 is 2.14 bits per heavy atom. The first kappa shape index (κ1) is 9.93. The summed E-state index contributed by atoms with van der Waals surface area (Å²) in [5.41, 5.74) is -0.146. The summed E-state index contributed by atoms with van der Waals surface area (Å²) < 4.78 is 0. The zero-order chi connectivity index (χ0) is 10.3. The Labute approximate surface area is 84.3 Å². The van der Waals surface area contributed by atoms with Crippen molar-refractivity contribution in [2.24, 2.45) is 11.3 Å². The molecule has 0 aromatic carbocycles. The van der Waals surface area contributed by atoms with Crippen LogP contribution in [0.15, 0.2) is 0 Å². The maximum atomic E-state index is 11.8. The molecule has 0 bridgehead atoms. The molecule has 0 aromatic rings. The van der Waals surface area contributed by atoms with Crippen LogP contribution < -0.4 is 5.32 Å². The molecule has 1 atom stereocenters. The number of hydrogen-bond acceptors (Lipinski definition) is 3. The first-order chi connectivity index (χ1) is 6.50. The lowest BCUT2D eigenvalue weighted by atomic mass is 9.90. The first-order valence-electron chi connectivity index (χ1n) is 5.18. The highest BCUT2D eigenvalue weighted by atomic mass is 16.3. The van der Waals surface area contributed by atoms with Crippen molar-refractivity contribution in [3.63, 3.8) is 0 Å². The molecule has 2 aliphatic heterocycles. The molecular formula is C10H18N2O2. The molecule has 0 aliphatic carbocycles. The van der Waals surface area contributed by atoms with E-state index in [9.17, 15) is 9.90 Å². The predicted octanol–water partition coefficient (Wildman–Crippen LogP) is -0.565. The van der Waals surface area contributed by atoms with Gasteiger partial charge in [-0.1, -0.05) is 13.8 Å². The Balaban J connectivity index is 1.97. The molecule has 1 amide bonds. The maximum Gasteiger partial charge on any atom is 0.228 e. The van der Waals surface area contributed by atoms with Crippen LogP contribution in [-0.4, -0.2) is 48.2 Å². The van der Waals surface area contributed by atoms with Gasteiger partial charge < -0.3 is 15.3 Å². The van der Waals surface area contributed by atoms with E-state index in [1.807, 2.05) is 13.8 Å². The fraction of sp³-hybridized carbons (Fsp3) is 0.900. The molecule has 2 N–H and O–H groups in total.